The summed E-state index contributed by atoms with van der Waals surface area (Å²) >= 11 is 1.66. The number of thiazole rings is 1. The highest BCUT2D eigenvalue weighted by Crippen LogP contribution is 2.40. The number of hydrogen-bond acceptors (Lipinski definition) is 4. The minimum atomic E-state index is -0.0322. The van der Waals surface area contributed by atoms with Gasteiger partial charge in [-0.1, -0.05) is 39.0 Å². The fraction of sp³-hybridized carbons (Fsp3) is 0.478. The van der Waals surface area contributed by atoms with E-state index >= 15 is 0 Å². The van der Waals surface area contributed by atoms with Crippen LogP contribution in [0.25, 0.3) is 15.8 Å². The molecule has 0 bridgehead atoms. The molecule has 1 aliphatic carbocycles. The van der Waals surface area contributed by atoms with E-state index in [1.54, 1.807) is 11.3 Å². The van der Waals surface area contributed by atoms with Gasteiger partial charge in [0, 0.05) is 24.8 Å². The number of aromatic nitrogens is 1. The summed E-state index contributed by atoms with van der Waals surface area (Å²) in [5.74, 6) is 1.62. The predicted molar refractivity (Wildman–Crippen MR) is 116 cm³/mol. The Hall–Kier alpha value is -2.14. The molecule has 3 atom stereocenters. The fourth-order valence-electron chi connectivity index (χ4n) is 3.87. The smallest absolute Gasteiger partial charge is 0.220 e. The highest BCUT2D eigenvalue weighted by atomic mass is 32.1. The molecular formula is C23H28N2O2S. The molecule has 2 heterocycles. The van der Waals surface area contributed by atoms with Gasteiger partial charge in [-0.3, -0.25) is 4.79 Å². The summed E-state index contributed by atoms with van der Waals surface area (Å²) in [6, 6.07) is 4.31. The molecule has 1 fully saturated rings. The number of allylic oxidation sites excluding steroid dienone is 4. The molecule has 2 aliphatic rings. The van der Waals surface area contributed by atoms with Crippen molar-refractivity contribution in [3.05, 3.63) is 40.9 Å². The van der Waals surface area contributed by atoms with Gasteiger partial charge in [0.15, 0.2) is 0 Å². The van der Waals surface area contributed by atoms with E-state index in [-0.39, 0.29) is 23.3 Å². The maximum Gasteiger partial charge on any atom is 0.220 e. The molecule has 1 aliphatic heterocycles. The summed E-state index contributed by atoms with van der Waals surface area (Å²) in [5.41, 5.74) is 3.55. The summed E-state index contributed by atoms with van der Waals surface area (Å²) in [7, 11) is 0. The number of carbonyl (C=O) groups is 1. The lowest BCUT2D eigenvalue weighted by atomic mass is 9.81. The Labute approximate surface area is 170 Å². The lowest BCUT2D eigenvalue weighted by Gasteiger charge is -2.23. The Morgan fingerprint density at radius 3 is 2.75 bits per heavy atom. The Balaban J connectivity index is 1.68. The number of nitrogens with zero attached hydrogens (tertiary/aromatic N) is 1. The SMILES string of the molecule is Cc1nc2cc(C3=CC(C(C)(C)C)C=C3)cc(O[C@H](C)[C@H]3CNC(=O)C3)c2s1. The second-order valence-electron chi connectivity index (χ2n) is 9.02. The number of fused-ring (bicyclic) bond motifs is 1. The molecule has 0 spiro atoms. The van der Waals surface area contributed by atoms with Gasteiger partial charge in [0.1, 0.15) is 11.9 Å². The van der Waals surface area contributed by atoms with Crippen molar-refractivity contribution in [2.24, 2.45) is 17.3 Å². The molecule has 4 rings (SSSR count). The van der Waals surface area contributed by atoms with Crippen molar-refractivity contribution in [3.63, 3.8) is 0 Å². The maximum atomic E-state index is 11.6. The van der Waals surface area contributed by atoms with Crippen LogP contribution in [0.5, 0.6) is 5.75 Å². The van der Waals surface area contributed by atoms with Gasteiger partial charge in [0.25, 0.3) is 0 Å². The summed E-state index contributed by atoms with van der Waals surface area (Å²) in [4.78, 5) is 16.3. The number of ether oxygens (including phenoxy) is 1. The third-order valence-electron chi connectivity index (χ3n) is 5.72. The molecular weight excluding hydrogens is 368 g/mol. The Morgan fingerprint density at radius 1 is 1.32 bits per heavy atom. The van der Waals surface area contributed by atoms with Gasteiger partial charge in [0.2, 0.25) is 5.91 Å². The topological polar surface area (TPSA) is 51.2 Å². The first-order valence-electron chi connectivity index (χ1n) is 9.95. The van der Waals surface area contributed by atoms with E-state index in [4.69, 9.17) is 9.72 Å². The average Bonchev–Trinajstić information content (AvgIpc) is 3.32. The van der Waals surface area contributed by atoms with E-state index in [9.17, 15) is 4.79 Å². The van der Waals surface area contributed by atoms with Crippen LogP contribution >= 0.6 is 11.3 Å². The number of aryl methyl sites for hydroxylation is 1. The van der Waals surface area contributed by atoms with Gasteiger partial charge in [-0.15, -0.1) is 11.3 Å². The highest BCUT2D eigenvalue weighted by Gasteiger charge is 2.29. The quantitative estimate of drug-likeness (QED) is 0.780. The Morgan fingerprint density at radius 2 is 2.11 bits per heavy atom. The number of rotatable bonds is 4. The molecule has 0 radical (unpaired) electrons. The van der Waals surface area contributed by atoms with Crippen LogP contribution in [0.15, 0.2) is 30.4 Å². The van der Waals surface area contributed by atoms with Crippen LogP contribution in [0.1, 0.15) is 44.7 Å². The van der Waals surface area contributed by atoms with E-state index in [1.807, 2.05) is 6.92 Å². The average molecular weight is 397 g/mol. The van der Waals surface area contributed by atoms with E-state index in [1.165, 1.54) is 5.57 Å². The van der Waals surface area contributed by atoms with Crippen molar-refractivity contribution < 1.29 is 9.53 Å². The van der Waals surface area contributed by atoms with Gasteiger partial charge >= 0.3 is 0 Å². The van der Waals surface area contributed by atoms with Crippen molar-refractivity contribution in [2.45, 2.75) is 47.1 Å². The van der Waals surface area contributed by atoms with Crippen LogP contribution < -0.4 is 10.1 Å². The Kier molecular flexibility index (Phi) is 4.82. The van der Waals surface area contributed by atoms with Crippen LogP contribution in [0.3, 0.4) is 0 Å². The summed E-state index contributed by atoms with van der Waals surface area (Å²) in [6.07, 6.45) is 7.34. The predicted octanol–water partition coefficient (Wildman–Crippen LogP) is 5.12. The molecule has 1 N–H and O–H groups in total. The van der Waals surface area contributed by atoms with Gasteiger partial charge in [-0.25, -0.2) is 4.98 Å². The van der Waals surface area contributed by atoms with Crippen LogP contribution in [0.4, 0.5) is 0 Å². The molecule has 28 heavy (non-hydrogen) atoms. The second kappa shape index (κ2) is 7.03. The number of hydrogen-bond donors (Lipinski definition) is 1. The van der Waals surface area contributed by atoms with Gasteiger partial charge in [-0.2, -0.15) is 0 Å². The second-order valence-corrected chi connectivity index (χ2v) is 10.2. The maximum absolute atomic E-state index is 11.6. The molecule has 2 aromatic rings. The molecule has 1 aromatic carbocycles. The van der Waals surface area contributed by atoms with Gasteiger partial charge in [0.05, 0.1) is 15.2 Å². The van der Waals surface area contributed by atoms with E-state index in [2.05, 4.69) is 63.4 Å². The third kappa shape index (κ3) is 3.72. The lowest BCUT2D eigenvalue weighted by molar-refractivity contribution is -0.119. The molecule has 1 aromatic heterocycles. The highest BCUT2D eigenvalue weighted by molar-refractivity contribution is 7.18. The number of carbonyl (C=O) groups excluding carboxylic acids is 1. The number of benzene rings is 1. The standard InChI is InChI=1S/C23H28N2O2S/c1-13(17-11-21(26)24-12-17)27-20-10-16(9-19-22(20)28-14(2)25-19)15-6-7-18(8-15)23(3,4)5/h6-10,13,17-18H,11-12H2,1-5H3,(H,24,26)/t13-,17-,18?/m1/s1. The zero-order valence-electron chi connectivity index (χ0n) is 17.2. The van der Waals surface area contributed by atoms with Crippen LogP contribution in [0.2, 0.25) is 0 Å². The van der Waals surface area contributed by atoms with Crippen LogP contribution in [0, 0.1) is 24.2 Å². The summed E-state index contributed by atoms with van der Waals surface area (Å²) < 4.78 is 7.48. The molecule has 1 saturated heterocycles. The normalized spacial score (nSPS) is 23.2. The molecule has 4 nitrogen and oxygen atoms in total. The molecule has 1 amide bonds. The van der Waals surface area contributed by atoms with Crippen LogP contribution in [-0.4, -0.2) is 23.5 Å². The van der Waals surface area contributed by atoms with Gasteiger partial charge < -0.3 is 10.1 Å². The zero-order chi connectivity index (χ0) is 20.1. The molecule has 0 saturated carbocycles. The number of nitrogens with one attached hydrogen (secondary N) is 1. The van der Waals surface area contributed by atoms with E-state index in [0.717, 1.165) is 26.5 Å². The lowest BCUT2D eigenvalue weighted by Crippen LogP contribution is -2.25. The summed E-state index contributed by atoms with van der Waals surface area (Å²) in [6.45, 7) is 11.6. The molecule has 148 valence electrons. The minimum Gasteiger partial charge on any atom is -0.489 e. The monoisotopic (exact) mass is 396 g/mol. The van der Waals surface area contributed by atoms with Gasteiger partial charge in [-0.05, 0) is 42.5 Å². The van der Waals surface area contributed by atoms with E-state index < -0.39 is 0 Å². The van der Waals surface area contributed by atoms with Crippen molar-refractivity contribution in [1.82, 2.24) is 10.3 Å². The van der Waals surface area contributed by atoms with Crippen molar-refractivity contribution in [2.75, 3.05) is 6.54 Å². The molecule has 5 heteroatoms. The van der Waals surface area contributed by atoms with Crippen molar-refractivity contribution >= 4 is 33.0 Å². The first kappa shape index (κ1) is 19.2. The first-order valence-corrected chi connectivity index (χ1v) is 10.8. The van der Waals surface area contributed by atoms with E-state index in [0.29, 0.717) is 18.9 Å². The zero-order valence-corrected chi connectivity index (χ0v) is 18.0. The largest absolute Gasteiger partial charge is 0.489 e. The third-order valence-corrected chi connectivity index (χ3v) is 6.73. The van der Waals surface area contributed by atoms with Crippen molar-refractivity contribution in [1.29, 1.82) is 0 Å². The fourth-order valence-corrected chi connectivity index (χ4v) is 4.72. The minimum absolute atomic E-state index is 0.0322. The Bertz CT molecular complexity index is 980. The van der Waals surface area contributed by atoms with Crippen LogP contribution in [-0.2, 0) is 4.79 Å². The van der Waals surface area contributed by atoms with Crippen molar-refractivity contribution in [3.8, 4) is 5.75 Å². The number of amides is 1. The summed E-state index contributed by atoms with van der Waals surface area (Å²) in [5, 5.41) is 3.94. The first-order chi connectivity index (χ1) is 13.2. The molecule has 1 unspecified atom stereocenters.